The Morgan fingerprint density at radius 2 is 2.24 bits per heavy atom. The van der Waals surface area contributed by atoms with E-state index in [1.807, 2.05) is 0 Å². The zero-order chi connectivity index (χ0) is 12.4. The Hall–Kier alpha value is -1.16. The van der Waals surface area contributed by atoms with Gasteiger partial charge in [0.15, 0.2) is 0 Å². The Morgan fingerprint density at radius 1 is 1.47 bits per heavy atom. The van der Waals surface area contributed by atoms with E-state index in [2.05, 4.69) is 12.2 Å². The first-order valence-electron chi connectivity index (χ1n) is 5.94. The summed E-state index contributed by atoms with van der Waals surface area (Å²) >= 11 is 4.95. The average molecular weight is 252 g/mol. The van der Waals surface area contributed by atoms with Crippen LogP contribution in [0.4, 0.5) is 10.1 Å². The minimum Gasteiger partial charge on any atom is -0.389 e. The summed E-state index contributed by atoms with van der Waals surface area (Å²) in [6, 6.07) is 4.98. The summed E-state index contributed by atoms with van der Waals surface area (Å²) in [6.07, 6.45) is 3.62. The molecule has 2 unspecified atom stereocenters. The Bertz CT molecular complexity index is 433. The van der Waals surface area contributed by atoms with E-state index >= 15 is 0 Å². The molecule has 0 spiro atoms. The van der Waals surface area contributed by atoms with Crippen LogP contribution >= 0.6 is 12.2 Å². The molecule has 1 saturated carbocycles. The van der Waals surface area contributed by atoms with E-state index < -0.39 is 0 Å². The van der Waals surface area contributed by atoms with Crippen LogP contribution < -0.4 is 11.1 Å². The zero-order valence-corrected chi connectivity index (χ0v) is 10.7. The van der Waals surface area contributed by atoms with Gasteiger partial charge in [-0.15, -0.1) is 0 Å². The summed E-state index contributed by atoms with van der Waals surface area (Å²) in [5, 5.41) is 3.43. The van der Waals surface area contributed by atoms with Crippen molar-refractivity contribution in [1.82, 2.24) is 0 Å². The van der Waals surface area contributed by atoms with Gasteiger partial charge in [-0.25, -0.2) is 4.39 Å². The van der Waals surface area contributed by atoms with Crippen LogP contribution in [0, 0.1) is 11.7 Å². The summed E-state index contributed by atoms with van der Waals surface area (Å²) < 4.78 is 13.2. The van der Waals surface area contributed by atoms with Gasteiger partial charge in [-0.1, -0.05) is 25.6 Å². The van der Waals surface area contributed by atoms with Crippen molar-refractivity contribution in [3.05, 3.63) is 29.6 Å². The molecule has 1 fully saturated rings. The molecule has 17 heavy (non-hydrogen) atoms. The molecule has 2 rings (SSSR count). The molecule has 2 nitrogen and oxygen atoms in total. The summed E-state index contributed by atoms with van der Waals surface area (Å²) in [5.41, 5.74) is 7.06. The fraction of sp³-hybridized carbons (Fsp3) is 0.462. The minimum atomic E-state index is -0.308. The third-order valence-electron chi connectivity index (χ3n) is 3.45. The van der Waals surface area contributed by atoms with Gasteiger partial charge < -0.3 is 11.1 Å². The van der Waals surface area contributed by atoms with Gasteiger partial charge >= 0.3 is 0 Å². The Balaban J connectivity index is 2.22. The van der Waals surface area contributed by atoms with Crippen molar-refractivity contribution in [3.8, 4) is 0 Å². The molecule has 0 amide bonds. The second-order valence-corrected chi connectivity index (χ2v) is 5.15. The van der Waals surface area contributed by atoms with Crippen molar-refractivity contribution in [3.63, 3.8) is 0 Å². The lowest BCUT2D eigenvalue weighted by atomic mass is 10.0. The minimum absolute atomic E-state index is 0.234. The van der Waals surface area contributed by atoms with Crippen molar-refractivity contribution in [1.29, 1.82) is 0 Å². The SMILES string of the molecule is CC1CCCC1Nc1ccc(F)cc1C(N)=S. The van der Waals surface area contributed by atoms with Crippen molar-refractivity contribution >= 4 is 22.9 Å². The second-order valence-electron chi connectivity index (χ2n) is 4.71. The zero-order valence-electron chi connectivity index (χ0n) is 9.87. The molecular weight excluding hydrogens is 235 g/mol. The summed E-state index contributed by atoms with van der Waals surface area (Å²) in [6.45, 7) is 2.23. The second kappa shape index (κ2) is 5.00. The number of nitrogens with two attached hydrogens (primary N) is 1. The number of rotatable bonds is 3. The van der Waals surface area contributed by atoms with Crippen molar-refractivity contribution < 1.29 is 4.39 Å². The molecule has 1 aliphatic rings. The molecule has 0 aromatic heterocycles. The summed E-state index contributed by atoms with van der Waals surface area (Å²) in [4.78, 5) is 0.234. The van der Waals surface area contributed by atoms with Crippen LogP contribution in [0.1, 0.15) is 31.7 Å². The normalized spacial score (nSPS) is 23.6. The largest absolute Gasteiger partial charge is 0.389 e. The number of hydrogen-bond acceptors (Lipinski definition) is 2. The molecule has 0 aliphatic heterocycles. The predicted octanol–water partition coefficient (Wildman–Crippen LogP) is 3.06. The van der Waals surface area contributed by atoms with E-state index in [1.54, 1.807) is 6.07 Å². The fourth-order valence-corrected chi connectivity index (χ4v) is 2.57. The third kappa shape index (κ3) is 2.75. The number of halogens is 1. The molecule has 0 heterocycles. The lowest BCUT2D eigenvalue weighted by Gasteiger charge is -2.20. The fourth-order valence-electron chi connectivity index (χ4n) is 2.41. The molecule has 4 heteroatoms. The maximum Gasteiger partial charge on any atom is 0.124 e. The maximum absolute atomic E-state index is 13.2. The van der Waals surface area contributed by atoms with Gasteiger partial charge in [-0.05, 0) is 37.0 Å². The van der Waals surface area contributed by atoms with Gasteiger partial charge in [0.1, 0.15) is 10.8 Å². The van der Waals surface area contributed by atoms with Gasteiger partial charge in [0.2, 0.25) is 0 Å². The summed E-state index contributed by atoms with van der Waals surface area (Å²) in [5.74, 6) is 0.331. The third-order valence-corrected chi connectivity index (χ3v) is 3.67. The Morgan fingerprint density at radius 3 is 2.82 bits per heavy atom. The van der Waals surface area contributed by atoms with E-state index in [1.165, 1.54) is 25.0 Å². The number of hydrogen-bond donors (Lipinski definition) is 2. The number of nitrogens with one attached hydrogen (secondary N) is 1. The van der Waals surface area contributed by atoms with E-state index in [4.69, 9.17) is 18.0 Å². The first-order valence-corrected chi connectivity index (χ1v) is 6.34. The Kier molecular flexibility index (Phi) is 3.62. The Labute approximate surface area is 106 Å². The highest BCUT2D eigenvalue weighted by atomic mass is 32.1. The van der Waals surface area contributed by atoms with Crippen LogP contribution in [0.15, 0.2) is 18.2 Å². The van der Waals surface area contributed by atoms with Gasteiger partial charge in [-0.3, -0.25) is 0 Å². The molecule has 0 bridgehead atoms. The van der Waals surface area contributed by atoms with Crippen molar-refractivity contribution in [2.24, 2.45) is 11.7 Å². The summed E-state index contributed by atoms with van der Waals surface area (Å²) in [7, 11) is 0. The number of benzene rings is 1. The quantitative estimate of drug-likeness (QED) is 0.812. The van der Waals surface area contributed by atoms with E-state index in [0.29, 0.717) is 17.5 Å². The molecule has 2 atom stereocenters. The van der Waals surface area contributed by atoms with Gasteiger partial charge in [0, 0.05) is 17.3 Å². The van der Waals surface area contributed by atoms with Gasteiger partial charge in [0.25, 0.3) is 0 Å². The standard InChI is InChI=1S/C13H17FN2S/c1-8-3-2-4-11(8)16-12-6-5-9(14)7-10(12)13(15)17/h5-8,11,16H,2-4H2,1H3,(H2,15,17). The van der Waals surface area contributed by atoms with Crippen LogP contribution in [-0.2, 0) is 0 Å². The van der Waals surface area contributed by atoms with Crippen molar-refractivity contribution in [2.45, 2.75) is 32.2 Å². The molecule has 1 aromatic rings. The predicted molar refractivity (Wildman–Crippen MR) is 72.7 cm³/mol. The molecule has 0 saturated heterocycles. The highest BCUT2D eigenvalue weighted by Crippen LogP contribution is 2.29. The molecular formula is C13H17FN2S. The lowest BCUT2D eigenvalue weighted by molar-refractivity contribution is 0.556. The topological polar surface area (TPSA) is 38.0 Å². The first-order chi connectivity index (χ1) is 8.08. The number of anilines is 1. The molecule has 3 N–H and O–H groups in total. The van der Waals surface area contributed by atoms with Crippen LogP contribution in [0.2, 0.25) is 0 Å². The lowest BCUT2D eigenvalue weighted by Crippen LogP contribution is -2.24. The van der Waals surface area contributed by atoms with E-state index in [-0.39, 0.29) is 10.8 Å². The average Bonchev–Trinajstić information content (AvgIpc) is 2.67. The maximum atomic E-state index is 13.2. The highest BCUT2D eigenvalue weighted by Gasteiger charge is 2.23. The number of thiocarbonyl (C=S) groups is 1. The van der Waals surface area contributed by atoms with Gasteiger partial charge in [0.05, 0.1) is 0 Å². The van der Waals surface area contributed by atoms with Crippen LogP contribution in [0.5, 0.6) is 0 Å². The van der Waals surface area contributed by atoms with Gasteiger partial charge in [-0.2, -0.15) is 0 Å². The monoisotopic (exact) mass is 252 g/mol. The van der Waals surface area contributed by atoms with Crippen LogP contribution in [0.3, 0.4) is 0 Å². The molecule has 1 aromatic carbocycles. The highest BCUT2D eigenvalue weighted by molar-refractivity contribution is 7.80. The molecule has 92 valence electrons. The van der Waals surface area contributed by atoms with Crippen molar-refractivity contribution in [2.75, 3.05) is 5.32 Å². The molecule has 0 radical (unpaired) electrons. The smallest absolute Gasteiger partial charge is 0.124 e. The molecule has 1 aliphatic carbocycles. The van der Waals surface area contributed by atoms with Crippen LogP contribution in [-0.4, -0.2) is 11.0 Å². The van der Waals surface area contributed by atoms with E-state index in [9.17, 15) is 4.39 Å². The van der Waals surface area contributed by atoms with E-state index in [0.717, 1.165) is 12.1 Å². The first kappa shape index (κ1) is 12.3. The van der Waals surface area contributed by atoms with Crippen LogP contribution in [0.25, 0.3) is 0 Å².